The second-order valence-corrected chi connectivity index (χ2v) is 9.68. The Hall–Kier alpha value is -1.85. The molecule has 1 amide bonds. The van der Waals surface area contributed by atoms with Gasteiger partial charge in [-0.05, 0) is 100 Å². The van der Waals surface area contributed by atoms with Gasteiger partial charge in [0.25, 0.3) is 0 Å². The smallest absolute Gasteiger partial charge is 0.232 e. The number of anilines is 1. The molecule has 4 nitrogen and oxygen atoms in total. The fourth-order valence-corrected chi connectivity index (χ4v) is 5.06. The number of carbonyl (C=O) groups is 1. The first kappa shape index (κ1) is 21.4. The number of para-hydroxylation sites is 1. The lowest BCUT2D eigenvalue weighted by atomic mass is 9.89. The molecule has 1 unspecified atom stereocenters. The van der Waals surface area contributed by atoms with Crippen LogP contribution in [0.15, 0.2) is 46.9 Å². The van der Waals surface area contributed by atoms with Gasteiger partial charge in [0.05, 0.1) is 12.0 Å². The van der Waals surface area contributed by atoms with E-state index in [1.165, 1.54) is 22.9 Å². The van der Waals surface area contributed by atoms with Crippen LogP contribution in [0.25, 0.3) is 0 Å². The monoisotopic (exact) mass is 470 g/mol. The van der Waals surface area contributed by atoms with Crippen molar-refractivity contribution in [1.82, 2.24) is 4.90 Å². The number of hydrogen-bond donors (Lipinski definition) is 1. The highest BCUT2D eigenvalue weighted by Crippen LogP contribution is 2.35. The molecule has 30 heavy (non-hydrogen) atoms. The predicted molar refractivity (Wildman–Crippen MR) is 125 cm³/mol. The quantitative estimate of drug-likeness (QED) is 0.570. The minimum absolute atomic E-state index is 0.00132. The van der Waals surface area contributed by atoms with Gasteiger partial charge >= 0.3 is 0 Å². The third kappa shape index (κ3) is 5.06. The Balaban J connectivity index is 1.27. The van der Waals surface area contributed by atoms with Crippen molar-refractivity contribution >= 4 is 27.5 Å². The minimum Gasteiger partial charge on any atom is -0.491 e. The number of likely N-dealkylation sites (tertiary alicyclic amines) is 1. The van der Waals surface area contributed by atoms with E-state index in [-0.39, 0.29) is 17.9 Å². The van der Waals surface area contributed by atoms with Crippen molar-refractivity contribution < 1.29 is 9.53 Å². The number of nitrogens with zero attached hydrogens (tertiary/aromatic N) is 1. The van der Waals surface area contributed by atoms with Crippen LogP contribution in [0.4, 0.5) is 5.69 Å². The van der Waals surface area contributed by atoms with Crippen LogP contribution >= 0.6 is 15.9 Å². The van der Waals surface area contributed by atoms with Crippen LogP contribution in [-0.4, -0.2) is 36.5 Å². The molecule has 0 bridgehead atoms. The second-order valence-electron chi connectivity index (χ2n) is 8.83. The highest BCUT2D eigenvalue weighted by atomic mass is 79.9. The number of halogens is 1. The molecular weight excluding hydrogens is 440 g/mol. The van der Waals surface area contributed by atoms with Gasteiger partial charge in [-0.1, -0.05) is 34.1 Å². The second kappa shape index (κ2) is 9.52. The lowest BCUT2D eigenvalue weighted by Crippen LogP contribution is -2.36. The molecule has 4 rings (SSSR count). The van der Waals surface area contributed by atoms with Crippen LogP contribution in [0.3, 0.4) is 0 Å². The van der Waals surface area contributed by atoms with Crippen molar-refractivity contribution in [1.29, 1.82) is 0 Å². The van der Waals surface area contributed by atoms with Crippen LogP contribution < -0.4 is 10.1 Å². The molecular formula is C25H31BrN2O2. The predicted octanol–water partition coefficient (Wildman–Crippen LogP) is 5.62. The number of hydrogen-bond acceptors (Lipinski definition) is 3. The third-order valence-electron chi connectivity index (χ3n) is 6.25. The van der Waals surface area contributed by atoms with Gasteiger partial charge in [-0.15, -0.1) is 0 Å². The summed E-state index contributed by atoms with van der Waals surface area (Å²) in [5.41, 5.74) is 3.48. The number of piperidine rings is 1. The van der Waals surface area contributed by atoms with Crippen molar-refractivity contribution in [3.05, 3.63) is 58.1 Å². The zero-order chi connectivity index (χ0) is 21.1. The van der Waals surface area contributed by atoms with E-state index < -0.39 is 0 Å². The lowest BCUT2D eigenvalue weighted by molar-refractivity contribution is -0.117. The topological polar surface area (TPSA) is 41.6 Å². The zero-order valence-electron chi connectivity index (χ0n) is 17.9. The third-order valence-corrected chi connectivity index (χ3v) is 7.02. The number of benzene rings is 2. The molecule has 1 N–H and O–H groups in total. The molecule has 5 heteroatoms. The number of fused-ring (bicyclic) bond motifs is 1. The molecule has 2 heterocycles. The first-order valence-electron chi connectivity index (χ1n) is 11.1. The van der Waals surface area contributed by atoms with E-state index in [1.54, 1.807) is 0 Å². The number of nitrogens with one attached hydrogen (secondary N) is 1. The SMILES string of the molecule is CC(C)Oc1ccc(Br)c(CC2CCN(CCC3C(=O)Nc4ccccc43)CC2)c1. The average Bonchev–Trinajstić information content (AvgIpc) is 3.04. The summed E-state index contributed by atoms with van der Waals surface area (Å²) >= 11 is 3.71. The van der Waals surface area contributed by atoms with E-state index in [2.05, 4.69) is 58.2 Å². The normalized spacial score (nSPS) is 19.7. The summed E-state index contributed by atoms with van der Waals surface area (Å²) in [6.07, 6.45) is 4.58. The largest absolute Gasteiger partial charge is 0.491 e. The number of carbonyl (C=O) groups excluding carboxylic acids is 1. The first-order chi connectivity index (χ1) is 14.5. The van der Waals surface area contributed by atoms with Crippen LogP contribution in [0.5, 0.6) is 5.75 Å². The summed E-state index contributed by atoms with van der Waals surface area (Å²) in [4.78, 5) is 14.9. The van der Waals surface area contributed by atoms with Crippen LogP contribution in [0, 0.1) is 5.92 Å². The van der Waals surface area contributed by atoms with Crippen LogP contribution in [-0.2, 0) is 11.2 Å². The molecule has 0 radical (unpaired) electrons. The Bertz CT molecular complexity index is 890. The summed E-state index contributed by atoms with van der Waals surface area (Å²) in [7, 11) is 0. The maximum Gasteiger partial charge on any atom is 0.232 e. The van der Waals surface area contributed by atoms with E-state index in [9.17, 15) is 4.79 Å². The number of rotatable bonds is 7. The van der Waals surface area contributed by atoms with Crippen molar-refractivity contribution in [3.8, 4) is 5.75 Å². The van der Waals surface area contributed by atoms with E-state index in [0.717, 1.165) is 49.5 Å². The van der Waals surface area contributed by atoms with E-state index >= 15 is 0 Å². The minimum atomic E-state index is -0.00132. The molecule has 2 aromatic carbocycles. The molecule has 160 valence electrons. The van der Waals surface area contributed by atoms with Crippen molar-refractivity contribution in [2.45, 2.75) is 51.6 Å². The summed E-state index contributed by atoms with van der Waals surface area (Å²) in [5.74, 6) is 1.80. The molecule has 1 fully saturated rings. The summed E-state index contributed by atoms with van der Waals surface area (Å²) in [6, 6.07) is 14.4. The van der Waals surface area contributed by atoms with Crippen molar-refractivity contribution in [3.63, 3.8) is 0 Å². The Labute approximate surface area is 188 Å². The molecule has 0 saturated carbocycles. The number of ether oxygens (including phenoxy) is 1. The zero-order valence-corrected chi connectivity index (χ0v) is 19.5. The van der Waals surface area contributed by atoms with Gasteiger partial charge in [0.1, 0.15) is 5.75 Å². The van der Waals surface area contributed by atoms with Gasteiger partial charge in [0.15, 0.2) is 0 Å². The molecule has 0 spiro atoms. The highest BCUT2D eigenvalue weighted by molar-refractivity contribution is 9.10. The van der Waals surface area contributed by atoms with Gasteiger partial charge in [-0.2, -0.15) is 0 Å². The molecule has 0 aromatic heterocycles. The highest BCUT2D eigenvalue weighted by Gasteiger charge is 2.30. The summed E-state index contributed by atoms with van der Waals surface area (Å²) in [6.45, 7) is 7.33. The molecule has 2 aliphatic heterocycles. The van der Waals surface area contributed by atoms with Crippen molar-refractivity contribution in [2.24, 2.45) is 5.92 Å². The molecule has 0 aliphatic carbocycles. The van der Waals surface area contributed by atoms with Crippen LogP contribution in [0.1, 0.15) is 50.2 Å². The molecule has 2 aromatic rings. The maximum atomic E-state index is 12.3. The van der Waals surface area contributed by atoms with Gasteiger partial charge in [-0.25, -0.2) is 0 Å². The van der Waals surface area contributed by atoms with Gasteiger partial charge < -0.3 is 15.0 Å². The summed E-state index contributed by atoms with van der Waals surface area (Å²) < 4.78 is 7.04. The number of amides is 1. The standard InChI is InChI=1S/C25H31BrN2O2/c1-17(2)30-20-7-8-23(26)19(16-20)15-18-9-12-28(13-10-18)14-11-22-21-5-3-4-6-24(21)27-25(22)29/h3-8,16-18,22H,9-15H2,1-2H3,(H,27,29). The van der Waals surface area contributed by atoms with Crippen LogP contribution in [0.2, 0.25) is 0 Å². The first-order valence-corrected chi connectivity index (χ1v) is 11.9. The van der Waals surface area contributed by atoms with Crippen molar-refractivity contribution in [2.75, 3.05) is 25.0 Å². The Morgan fingerprint density at radius 2 is 1.93 bits per heavy atom. The fourth-order valence-electron chi connectivity index (χ4n) is 4.65. The summed E-state index contributed by atoms with van der Waals surface area (Å²) in [5, 5.41) is 3.02. The van der Waals surface area contributed by atoms with Gasteiger partial charge in [0, 0.05) is 10.2 Å². The van der Waals surface area contributed by atoms with E-state index in [4.69, 9.17) is 4.74 Å². The Kier molecular flexibility index (Phi) is 6.79. The molecule has 2 aliphatic rings. The average molecular weight is 471 g/mol. The lowest BCUT2D eigenvalue weighted by Gasteiger charge is -2.32. The molecule has 1 saturated heterocycles. The van der Waals surface area contributed by atoms with Gasteiger partial charge in [0.2, 0.25) is 5.91 Å². The Morgan fingerprint density at radius 3 is 2.70 bits per heavy atom. The fraction of sp³-hybridized carbons (Fsp3) is 0.480. The van der Waals surface area contributed by atoms with E-state index in [0.29, 0.717) is 5.92 Å². The van der Waals surface area contributed by atoms with Gasteiger partial charge in [-0.3, -0.25) is 4.79 Å². The maximum absolute atomic E-state index is 12.3. The van der Waals surface area contributed by atoms with E-state index in [1.807, 2.05) is 24.3 Å². The molecule has 1 atom stereocenters. The Morgan fingerprint density at radius 1 is 1.17 bits per heavy atom.